The molecule has 0 heterocycles. The van der Waals surface area contributed by atoms with Gasteiger partial charge in [0.2, 0.25) is 5.91 Å². The zero-order chi connectivity index (χ0) is 20.7. The van der Waals surface area contributed by atoms with Crippen LogP contribution in [0, 0.1) is 0 Å². The Kier molecular flexibility index (Phi) is 13.0. The molecule has 3 N–H and O–H groups in total. The highest BCUT2D eigenvalue weighted by Crippen LogP contribution is 2.18. The van der Waals surface area contributed by atoms with Gasteiger partial charge in [-0.05, 0) is 18.6 Å². The number of hydrogen-bond acceptors (Lipinski definition) is 3. The van der Waals surface area contributed by atoms with Crippen molar-refractivity contribution in [3.8, 4) is 5.75 Å². The molecular formula is C23H31IN4O2. The van der Waals surface area contributed by atoms with Crippen LogP contribution in [0.3, 0.4) is 0 Å². The molecule has 30 heavy (non-hydrogen) atoms. The normalized spacial score (nSPS) is 10.5. The van der Waals surface area contributed by atoms with E-state index in [0.717, 1.165) is 23.4 Å². The van der Waals surface area contributed by atoms with Crippen LogP contribution in [0.1, 0.15) is 24.5 Å². The predicted octanol–water partition coefficient (Wildman–Crippen LogP) is 3.63. The van der Waals surface area contributed by atoms with E-state index in [1.54, 1.807) is 6.08 Å². The molecule has 6 nitrogen and oxygen atoms in total. The van der Waals surface area contributed by atoms with Gasteiger partial charge in [-0.2, -0.15) is 0 Å². The molecule has 0 aliphatic heterocycles. The molecule has 0 unspecified atom stereocenters. The van der Waals surface area contributed by atoms with Gasteiger partial charge < -0.3 is 20.7 Å². The highest BCUT2D eigenvalue weighted by Gasteiger charge is 2.05. The van der Waals surface area contributed by atoms with Crippen molar-refractivity contribution in [2.75, 3.05) is 19.7 Å². The topological polar surface area (TPSA) is 74.8 Å². The summed E-state index contributed by atoms with van der Waals surface area (Å²) >= 11 is 0. The molecule has 0 bridgehead atoms. The molecule has 0 aliphatic rings. The molecular weight excluding hydrogens is 491 g/mol. The van der Waals surface area contributed by atoms with Crippen molar-refractivity contribution < 1.29 is 9.53 Å². The third kappa shape index (κ3) is 9.78. The molecule has 2 rings (SSSR count). The fourth-order valence-corrected chi connectivity index (χ4v) is 2.61. The second kappa shape index (κ2) is 15.3. The minimum atomic E-state index is 0. The van der Waals surface area contributed by atoms with Gasteiger partial charge in [-0.3, -0.25) is 4.79 Å². The summed E-state index contributed by atoms with van der Waals surface area (Å²) in [5.74, 6) is 1.47. The molecule has 0 aliphatic carbocycles. The molecule has 0 spiro atoms. The summed E-state index contributed by atoms with van der Waals surface area (Å²) in [7, 11) is 0. The Balaban J connectivity index is 0.00000450. The lowest BCUT2D eigenvalue weighted by Gasteiger charge is -2.13. The van der Waals surface area contributed by atoms with Gasteiger partial charge in [-0.1, -0.05) is 61.2 Å². The quantitative estimate of drug-likeness (QED) is 0.183. The highest BCUT2D eigenvalue weighted by molar-refractivity contribution is 14.0. The lowest BCUT2D eigenvalue weighted by atomic mass is 10.2. The van der Waals surface area contributed by atoms with Gasteiger partial charge in [0.05, 0.1) is 6.54 Å². The largest absolute Gasteiger partial charge is 0.489 e. The van der Waals surface area contributed by atoms with Crippen LogP contribution in [-0.2, 0) is 17.9 Å². The number of hydrogen-bond donors (Lipinski definition) is 3. The van der Waals surface area contributed by atoms with Crippen LogP contribution < -0.4 is 20.7 Å². The summed E-state index contributed by atoms with van der Waals surface area (Å²) in [5.41, 5.74) is 2.08. The van der Waals surface area contributed by atoms with E-state index in [9.17, 15) is 4.79 Å². The maximum absolute atomic E-state index is 12.0. The van der Waals surface area contributed by atoms with Gasteiger partial charge in [0.1, 0.15) is 12.4 Å². The lowest BCUT2D eigenvalue weighted by Crippen LogP contribution is -2.39. The monoisotopic (exact) mass is 522 g/mol. The molecule has 2 aromatic carbocycles. The van der Waals surface area contributed by atoms with Gasteiger partial charge in [-0.15, -0.1) is 24.0 Å². The second-order valence-corrected chi connectivity index (χ2v) is 6.34. The first-order valence-electron chi connectivity index (χ1n) is 9.87. The van der Waals surface area contributed by atoms with Crippen LogP contribution in [0.2, 0.25) is 0 Å². The maximum atomic E-state index is 12.0. The smallest absolute Gasteiger partial charge is 0.222 e. The molecule has 0 fully saturated rings. The third-order valence-corrected chi connectivity index (χ3v) is 4.06. The molecule has 7 heteroatoms. The molecule has 2 aromatic rings. The van der Waals surface area contributed by atoms with Crippen LogP contribution in [-0.4, -0.2) is 31.6 Å². The Morgan fingerprint density at radius 1 is 1.07 bits per heavy atom. The standard InChI is InChI=1S/C23H30N4O2.HI/c1-3-16-29-21-13-9-8-12-20(21)18-27-23(24-4-2)25-15-14-22(28)26-17-19-10-6-5-7-11-19;/h3,5-13H,1,4,14-18H2,2H3,(H,26,28)(H2,24,25,27);1H. The Morgan fingerprint density at radius 3 is 2.53 bits per heavy atom. The number of amides is 1. The number of benzene rings is 2. The number of carbonyl (C=O) groups is 1. The summed E-state index contributed by atoms with van der Waals surface area (Å²) in [4.78, 5) is 16.6. The number of guanidine groups is 1. The molecule has 1 amide bonds. The summed E-state index contributed by atoms with van der Waals surface area (Å²) < 4.78 is 5.67. The molecule has 0 atom stereocenters. The van der Waals surface area contributed by atoms with Gasteiger partial charge in [0.15, 0.2) is 5.96 Å². The van der Waals surface area contributed by atoms with E-state index in [0.29, 0.717) is 38.6 Å². The first-order valence-corrected chi connectivity index (χ1v) is 9.87. The summed E-state index contributed by atoms with van der Waals surface area (Å²) in [6.45, 7) is 8.39. The van der Waals surface area contributed by atoms with Crippen LogP contribution in [0.5, 0.6) is 5.75 Å². The molecule has 0 saturated carbocycles. The number of aliphatic imine (C=N–C) groups is 1. The van der Waals surface area contributed by atoms with Crippen LogP contribution in [0.4, 0.5) is 0 Å². The van der Waals surface area contributed by atoms with Crippen molar-refractivity contribution in [3.63, 3.8) is 0 Å². The zero-order valence-electron chi connectivity index (χ0n) is 17.4. The summed E-state index contributed by atoms with van der Waals surface area (Å²) in [6.07, 6.45) is 2.09. The Bertz CT molecular complexity index is 797. The fraction of sp³-hybridized carbons (Fsp3) is 0.304. The maximum Gasteiger partial charge on any atom is 0.222 e. The van der Waals surface area contributed by atoms with E-state index in [1.807, 2.05) is 61.5 Å². The molecule has 0 radical (unpaired) electrons. The van der Waals surface area contributed by atoms with Crippen molar-refractivity contribution in [1.29, 1.82) is 0 Å². The minimum Gasteiger partial charge on any atom is -0.489 e. The van der Waals surface area contributed by atoms with Crippen molar-refractivity contribution in [3.05, 3.63) is 78.4 Å². The van der Waals surface area contributed by atoms with Crippen LogP contribution in [0.15, 0.2) is 72.2 Å². The summed E-state index contributed by atoms with van der Waals surface area (Å²) in [6, 6.07) is 17.7. The Hall–Kier alpha value is -2.55. The van der Waals surface area contributed by atoms with E-state index in [2.05, 4.69) is 27.5 Å². The third-order valence-electron chi connectivity index (χ3n) is 4.06. The van der Waals surface area contributed by atoms with Crippen molar-refractivity contribution in [1.82, 2.24) is 16.0 Å². The number of nitrogens with zero attached hydrogens (tertiary/aromatic N) is 1. The predicted molar refractivity (Wildman–Crippen MR) is 133 cm³/mol. The zero-order valence-corrected chi connectivity index (χ0v) is 19.7. The van der Waals surface area contributed by atoms with Gasteiger partial charge >= 0.3 is 0 Å². The number of halogens is 1. The van der Waals surface area contributed by atoms with Gasteiger partial charge in [0.25, 0.3) is 0 Å². The Labute approximate surface area is 196 Å². The van der Waals surface area contributed by atoms with Crippen molar-refractivity contribution in [2.24, 2.45) is 4.99 Å². The van der Waals surface area contributed by atoms with E-state index in [4.69, 9.17) is 4.74 Å². The first kappa shape index (κ1) is 25.5. The minimum absolute atomic E-state index is 0. The number of ether oxygens (including phenoxy) is 1. The van der Waals surface area contributed by atoms with E-state index < -0.39 is 0 Å². The number of rotatable bonds is 11. The fourth-order valence-electron chi connectivity index (χ4n) is 2.61. The highest BCUT2D eigenvalue weighted by atomic mass is 127. The average molecular weight is 522 g/mol. The lowest BCUT2D eigenvalue weighted by molar-refractivity contribution is -0.121. The van der Waals surface area contributed by atoms with E-state index >= 15 is 0 Å². The van der Waals surface area contributed by atoms with Crippen molar-refractivity contribution in [2.45, 2.75) is 26.4 Å². The first-order chi connectivity index (χ1) is 14.2. The van der Waals surface area contributed by atoms with Gasteiger partial charge in [0, 0.05) is 31.6 Å². The average Bonchev–Trinajstić information content (AvgIpc) is 2.76. The Morgan fingerprint density at radius 2 is 1.80 bits per heavy atom. The molecule has 162 valence electrons. The van der Waals surface area contributed by atoms with E-state index in [1.165, 1.54) is 0 Å². The number of para-hydroxylation sites is 1. The molecule has 0 saturated heterocycles. The molecule has 0 aromatic heterocycles. The SMILES string of the molecule is C=CCOc1ccccc1CN=C(NCC)NCCC(=O)NCc1ccccc1.I. The van der Waals surface area contributed by atoms with E-state index in [-0.39, 0.29) is 29.9 Å². The number of carbonyl (C=O) groups excluding carboxylic acids is 1. The van der Waals surface area contributed by atoms with Crippen LogP contribution >= 0.6 is 24.0 Å². The summed E-state index contributed by atoms with van der Waals surface area (Å²) in [5, 5.41) is 9.33. The van der Waals surface area contributed by atoms with Gasteiger partial charge in [-0.25, -0.2) is 4.99 Å². The van der Waals surface area contributed by atoms with Crippen LogP contribution in [0.25, 0.3) is 0 Å². The second-order valence-electron chi connectivity index (χ2n) is 6.34. The van der Waals surface area contributed by atoms with Crippen molar-refractivity contribution >= 4 is 35.8 Å². The number of nitrogens with one attached hydrogen (secondary N) is 3.